The number of nitrogens with two attached hydrogens (primary N) is 2. The molecule has 1 aromatic heterocycles. The van der Waals surface area contributed by atoms with Crippen LogP contribution in [0.5, 0.6) is 0 Å². The number of aromatic nitrogens is 2. The van der Waals surface area contributed by atoms with Crippen molar-refractivity contribution in [2.75, 3.05) is 0 Å². The molecule has 4 N–H and O–H groups in total. The van der Waals surface area contributed by atoms with Crippen LogP contribution in [0.2, 0.25) is 0 Å². The van der Waals surface area contributed by atoms with E-state index in [-0.39, 0.29) is 17.3 Å². The zero-order chi connectivity index (χ0) is 13.3. The molecular weight excluding hydrogens is 235 g/mol. The zero-order valence-electron chi connectivity index (χ0n) is 9.80. The van der Waals surface area contributed by atoms with Gasteiger partial charge in [-0.2, -0.15) is 5.10 Å². The van der Waals surface area contributed by atoms with Crippen molar-refractivity contribution in [3.8, 4) is 5.69 Å². The van der Waals surface area contributed by atoms with E-state index in [1.54, 1.807) is 19.1 Å². The van der Waals surface area contributed by atoms with E-state index in [2.05, 4.69) is 5.10 Å². The van der Waals surface area contributed by atoms with Crippen LogP contribution in [0, 0.1) is 5.82 Å². The molecule has 2 rings (SSSR count). The fourth-order valence-corrected chi connectivity index (χ4v) is 1.71. The summed E-state index contributed by atoms with van der Waals surface area (Å²) < 4.78 is 15.1. The molecule has 5 nitrogen and oxygen atoms in total. The summed E-state index contributed by atoms with van der Waals surface area (Å²) in [6.07, 6.45) is 2.67. The minimum atomic E-state index is -0.611. The second kappa shape index (κ2) is 4.58. The van der Waals surface area contributed by atoms with Crippen LogP contribution < -0.4 is 11.5 Å². The maximum absolute atomic E-state index is 13.9. The average Bonchev–Trinajstić information content (AvgIpc) is 2.77. The molecule has 0 bridgehead atoms. The topological polar surface area (TPSA) is 86.9 Å². The average molecular weight is 248 g/mol. The maximum Gasteiger partial charge on any atom is 0.251 e. The van der Waals surface area contributed by atoms with Crippen molar-refractivity contribution in [2.24, 2.45) is 11.5 Å². The molecule has 0 aliphatic heterocycles. The van der Waals surface area contributed by atoms with Crippen molar-refractivity contribution in [3.05, 3.63) is 47.5 Å². The van der Waals surface area contributed by atoms with E-state index in [1.807, 2.05) is 0 Å². The van der Waals surface area contributed by atoms with Gasteiger partial charge in [0.25, 0.3) is 5.91 Å². The maximum atomic E-state index is 13.9. The third-order valence-corrected chi connectivity index (χ3v) is 2.60. The molecule has 6 heteroatoms. The first kappa shape index (κ1) is 12.3. The van der Waals surface area contributed by atoms with Gasteiger partial charge >= 0.3 is 0 Å². The van der Waals surface area contributed by atoms with Crippen LogP contribution in [0.25, 0.3) is 5.69 Å². The molecule has 0 saturated carbocycles. The SMILES string of the molecule is C[C@@H](N)c1cccc(F)c1-n1cc(C(N)=O)cn1. The van der Waals surface area contributed by atoms with E-state index in [1.165, 1.54) is 23.1 Å². The van der Waals surface area contributed by atoms with Crippen LogP contribution in [-0.4, -0.2) is 15.7 Å². The van der Waals surface area contributed by atoms with Gasteiger partial charge in [-0.3, -0.25) is 4.79 Å². The monoisotopic (exact) mass is 248 g/mol. The van der Waals surface area contributed by atoms with Crippen LogP contribution in [-0.2, 0) is 0 Å². The Labute approximate surface area is 103 Å². The highest BCUT2D eigenvalue weighted by molar-refractivity contribution is 5.92. The Morgan fingerprint density at radius 2 is 2.22 bits per heavy atom. The van der Waals surface area contributed by atoms with Gasteiger partial charge in [0, 0.05) is 12.2 Å². The fourth-order valence-electron chi connectivity index (χ4n) is 1.71. The van der Waals surface area contributed by atoms with Crippen LogP contribution >= 0.6 is 0 Å². The van der Waals surface area contributed by atoms with Crippen molar-refractivity contribution in [2.45, 2.75) is 13.0 Å². The number of carbonyl (C=O) groups excluding carboxylic acids is 1. The van der Waals surface area contributed by atoms with Gasteiger partial charge in [0.1, 0.15) is 11.5 Å². The lowest BCUT2D eigenvalue weighted by atomic mass is 10.1. The molecule has 0 aliphatic rings. The lowest BCUT2D eigenvalue weighted by Crippen LogP contribution is -2.12. The molecule has 18 heavy (non-hydrogen) atoms. The van der Waals surface area contributed by atoms with Gasteiger partial charge in [0.2, 0.25) is 0 Å². The Balaban J connectivity index is 2.58. The number of amides is 1. The van der Waals surface area contributed by atoms with Gasteiger partial charge in [-0.05, 0) is 18.6 Å². The van der Waals surface area contributed by atoms with Crippen molar-refractivity contribution in [1.29, 1.82) is 0 Å². The fraction of sp³-hybridized carbons (Fsp3) is 0.167. The summed E-state index contributed by atoms with van der Waals surface area (Å²) >= 11 is 0. The lowest BCUT2D eigenvalue weighted by molar-refractivity contribution is 0.100. The Kier molecular flexibility index (Phi) is 3.12. The standard InChI is InChI=1S/C12H13FN4O/c1-7(14)9-3-2-4-10(13)11(9)17-6-8(5-16-17)12(15)18/h2-7H,14H2,1H3,(H2,15,18)/t7-/m1/s1. The first-order chi connectivity index (χ1) is 8.50. The summed E-state index contributed by atoms with van der Waals surface area (Å²) in [6.45, 7) is 1.75. The molecule has 1 heterocycles. The zero-order valence-corrected chi connectivity index (χ0v) is 9.80. The molecule has 94 valence electrons. The van der Waals surface area contributed by atoms with Crippen molar-refractivity contribution < 1.29 is 9.18 Å². The van der Waals surface area contributed by atoms with Gasteiger partial charge in [0.05, 0.1) is 11.8 Å². The predicted molar refractivity (Wildman–Crippen MR) is 64.6 cm³/mol. The van der Waals surface area contributed by atoms with Crippen LogP contribution in [0.1, 0.15) is 28.9 Å². The lowest BCUT2D eigenvalue weighted by Gasteiger charge is -2.13. The molecule has 0 saturated heterocycles. The number of hydrogen-bond acceptors (Lipinski definition) is 3. The predicted octanol–water partition coefficient (Wildman–Crippen LogP) is 1.13. The Morgan fingerprint density at radius 1 is 1.50 bits per heavy atom. The van der Waals surface area contributed by atoms with E-state index in [4.69, 9.17) is 11.5 Å². The number of halogens is 1. The van der Waals surface area contributed by atoms with Crippen molar-refractivity contribution >= 4 is 5.91 Å². The van der Waals surface area contributed by atoms with E-state index in [0.717, 1.165) is 0 Å². The normalized spacial score (nSPS) is 12.4. The summed E-state index contributed by atoms with van der Waals surface area (Å²) in [5, 5.41) is 3.93. The van der Waals surface area contributed by atoms with Gasteiger partial charge in [-0.15, -0.1) is 0 Å². The van der Waals surface area contributed by atoms with Crippen LogP contribution in [0.4, 0.5) is 4.39 Å². The van der Waals surface area contributed by atoms with Gasteiger partial charge in [-0.25, -0.2) is 9.07 Å². The van der Waals surface area contributed by atoms with Crippen LogP contribution in [0.15, 0.2) is 30.6 Å². The number of para-hydroxylation sites is 1. The molecule has 1 atom stereocenters. The number of nitrogens with zero attached hydrogens (tertiary/aromatic N) is 2. The Morgan fingerprint density at radius 3 is 2.78 bits per heavy atom. The van der Waals surface area contributed by atoms with E-state index >= 15 is 0 Å². The molecular formula is C12H13FN4O. The minimum Gasteiger partial charge on any atom is -0.366 e. The summed E-state index contributed by atoms with van der Waals surface area (Å²) in [5.74, 6) is -1.07. The van der Waals surface area contributed by atoms with Crippen molar-refractivity contribution in [1.82, 2.24) is 9.78 Å². The second-order valence-corrected chi connectivity index (χ2v) is 4.00. The number of benzene rings is 1. The van der Waals surface area contributed by atoms with Gasteiger partial charge in [0.15, 0.2) is 0 Å². The number of carbonyl (C=O) groups is 1. The second-order valence-electron chi connectivity index (χ2n) is 4.00. The number of primary amides is 1. The Bertz CT molecular complexity index is 592. The largest absolute Gasteiger partial charge is 0.366 e. The minimum absolute atomic E-state index is 0.217. The molecule has 0 spiro atoms. The molecule has 0 radical (unpaired) electrons. The summed E-state index contributed by atoms with van der Waals surface area (Å²) in [5.41, 5.74) is 12.0. The highest BCUT2D eigenvalue weighted by atomic mass is 19.1. The number of rotatable bonds is 3. The van der Waals surface area contributed by atoms with E-state index in [9.17, 15) is 9.18 Å². The van der Waals surface area contributed by atoms with E-state index < -0.39 is 11.7 Å². The molecule has 1 amide bonds. The molecule has 1 aromatic carbocycles. The first-order valence-electron chi connectivity index (χ1n) is 5.39. The first-order valence-corrected chi connectivity index (χ1v) is 5.39. The number of hydrogen-bond donors (Lipinski definition) is 2. The van der Waals surface area contributed by atoms with Crippen LogP contribution in [0.3, 0.4) is 0 Å². The summed E-state index contributed by atoms with van der Waals surface area (Å²) in [6, 6.07) is 4.26. The third kappa shape index (κ3) is 2.10. The molecule has 0 unspecified atom stereocenters. The van der Waals surface area contributed by atoms with Gasteiger partial charge in [-0.1, -0.05) is 12.1 Å². The molecule has 2 aromatic rings. The highest BCUT2D eigenvalue weighted by Gasteiger charge is 2.15. The Hall–Kier alpha value is -2.21. The third-order valence-electron chi connectivity index (χ3n) is 2.60. The molecule has 0 aliphatic carbocycles. The quantitative estimate of drug-likeness (QED) is 0.853. The van der Waals surface area contributed by atoms with E-state index in [0.29, 0.717) is 5.56 Å². The molecule has 0 fully saturated rings. The summed E-state index contributed by atoms with van der Waals surface area (Å²) in [7, 11) is 0. The highest BCUT2D eigenvalue weighted by Crippen LogP contribution is 2.22. The van der Waals surface area contributed by atoms with Gasteiger partial charge < -0.3 is 11.5 Å². The smallest absolute Gasteiger partial charge is 0.251 e. The summed E-state index contributed by atoms with van der Waals surface area (Å²) in [4.78, 5) is 11.0. The van der Waals surface area contributed by atoms with Crippen molar-refractivity contribution in [3.63, 3.8) is 0 Å².